The van der Waals surface area contributed by atoms with E-state index in [1.54, 1.807) is 0 Å². The number of nitrogens with zero attached hydrogens (tertiary/aromatic N) is 3. The lowest BCUT2D eigenvalue weighted by Gasteiger charge is -2.03. The van der Waals surface area contributed by atoms with Crippen molar-refractivity contribution in [3.8, 4) is 5.69 Å². The van der Waals surface area contributed by atoms with Gasteiger partial charge in [0.25, 0.3) is 0 Å². The summed E-state index contributed by atoms with van der Waals surface area (Å²) in [6.07, 6.45) is 2.03. The molecule has 0 amide bonds. The summed E-state index contributed by atoms with van der Waals surface area (Å²) in [4.78, 5) is 3.29. The van der Waals surface area contributed by atoms with Crippen molar-refractivity contribution in [2.45, 2.75) is 19.8 Å². The normalized spacial score (nSPS) is 11.3. The third kappa shape index (κ3) is 1.90. The Hall–Kier alpha value is -1.88. The molecule has 0 unspecified atom stereocenters. The molecular weight excluding hydrogens is 256 g/mol. The molecule has 0 fully saturated rings. The van der Waals surface area contributed by atoms with E-state index >= 15 is 0 Å². The van der Waals surface area contributed by atoms with Crippen molar-refractivity contribution in [2.75, 3.05) is 0 Å². The standard InChI is InChI=1S/C14H16N4S/c1-3-7-11-12-13(17(2)16-11)18(14(19)15-12)10-8-5-4-6-9-10/h4-6,8-9H,3,7H2,1-2H3,(H,15,19). The summed E-state index contributed by atoms with van der Waals surface area (Å²) in [7, 11) is 1.96. The highest BCUT2D eigenvalue weighted by Crippen LogP contribution is 2.22. The Kier molecular flexibility index (Phi) is 2.98. The number of nitrogens with one attached hydrogen (secondary N) is 1. The van der Waals surface area contributed by atoms with Gasteiger partial charge in [-0.25, -0.2) is 4.68 Å². The lowest BCUT2D eigenvalue weighted by atomic mass is 10.2. The van der Waals surface area contributed by atoms with Gasteiger partial charge in [0.2, 0.25) is 0 Å². The van der Waals surface area contributed by atoms with Crippen LogP contribution in [-0.4, -0.2) is 19.3 Å². The molecule has 0 radical (unpaired) electrons. The maximum Gasteiger partial charge on any atom is 0.184 e. The van der Waals surface area contributed by atoms with Gasteiger partial charge in [-0.3, -0.25) is 4.57 Å². The molecule has 2 aromatic heterocycles. The second kappa shape index (κ2) is 4.66. The molecule has 0 aliphatic carbocycles. The van der Waals surface area contributed by atoms with Crippen LogP contribution in [0.4, 0.5) is 0 Å². The number of benzene rings is 1. The van der Waals surface area contributed by atoms with Crippen LogP contribution in [-0.2, 0) is 13.5 Å². The van der Waals surface area contributed by atoms with E-state index in [-0.39, 0.29) is 0 Å². The van der Waals surface area contributed by atoms with Gasteiger partial charge in [-0.15, -0.1) is 0 Å². The summed E-state index contributed by atoms with van der Waals surface area (Å²) in [6.45, 7) is 2.16. The second-order valence-corrected chi connectivity index (χ2v) is 5.01. The van der Waals surface area contributed by atoms with Crippen LogP contribution in [0, 0.1) is 4.77 Å². The van der Waals surface area contributed by atoms with Crippen LogP contribution in [0.3, 0.4) is 0 Å². The Labute approximate surface area is 116 Å². The third-order valence-corrected chi connectivity index (χ3v) is 3.52. The van der Waals surface area contributed by atoms with Crippen molar-refractivity contribution in [2.24, 2.45) is 7.05 Å². The first-order valence-corrected chi connectivity index (χ1v) is 6.85. The minimum atomic E-state index is 0.714. The number of H-pyrrole nitrogens is 1. The topological polar surface area (TPSA) is 38.5 Å². The van der Waals surface area contributed by atoms with Crippen molar-refractivity contribution in [1.82, 2.24) is 19.3 Å². The number of imidazole rings is 1. The fourth-order valence-electron chi connectivity index (χ4n) is 2.44. The van der Waals surface area contributed by atoms with Gasteiger partial charge in [0.15, 0.2) is 10.4 Å². The third-order valence-electron chi connectivity index (χ3n) is 3.24. The fraction of sp³-hybridized carbons (Fsp3) is 0.286. The van der Waals surface area contributed by atoms with E-state index in [1.807, 2.05) is 34.5 Å². The van der Waals surface area contributed by atoms with Crippen LogP contribution >= 0.6 is 12.2 Å². The smallest absolute Gasteiger partial charge is 0.184 e. The molecule has 0 spiro atoms. The zero-order chi connectivity index (χ0) is 13.4. The molecule has 0 saturated carbocycles. The summed E-state index contributed by atoms with van der Waals surface area (Å²) in [5.74, 6) is 0. The second-order valence-electron chi connectivity index (χ2n) is 4.62. The van der Waals surface area contributed by atoms with Crippen molar-refractivity contribution in [3.63, 3.8) is 0 Å². The van der Waals surface area contributed by atoms with Gasteiger partial charge in [-0.2, -0.15) is 5.10 Å². The van der Waals surface area contributed by atoms with E-state index in [0.717, 1.165) is 35.4 Å². The predicted octanol–water partition coefficient (Wildman–Crippen LogP) is 3.37. The Morgan fingerprint density at radius 3 is 2.68 bits per heavy atom. The number of aryl methyl sites for hydroxylation is 2. The molecule has 1 N–H and O–H groups in total. The molecule has 3 aromatic rings. The quantitative estimate of drug-likeness (QED) is 0.742. The maximum atomic E-state index is 5.46. The SMILES string of the molecule is CCCc1nn(C)c2c1[nH]c(=S)n2-c1ccccc1. The lowest BCUT2D eigenvalue weighted by Crippen LogP contribution is -2.00. The molecular formula is C14H16N4S. The Morgan fingerprint density at radius 1 is 1.26 bits per heavy atom. The number of rotatable bonds is 3. The monoisotopic (exact) mass is 272 g/mol. The highest BCUT2D eigenvalue weighted by molar-refractivity contribution is 7.71. The Morgan fingerprint density at radius 2 is 2.00 bits per heavy atom. The average molecular weight is 272 g/mol. The van der Waals surface area contributed by atoms with Gasteiger partial charge in [0.1, 0.15) is 5.52 Å². The van der Waals surface area contributed by atoms with E-state index in [9.17, 15) is 0 Å². The number of hydrogen-bond donors (Lipinski definition) is 1. The summed E-state index contributed by atoms with van der Waals surface area (Å²) in [5, 5.41) is 4.59. The molecule has 3 rings (SSSR count). The summed E-state index contributed by atoms with van der Waals surface area (Å²) < 4.78 is 4.66. The van der Waals surface area contributed by atoms with Crippen LogP contribution in [0.15, 0.2) is 30.3 Å². The van der Waals surface area contributed by atoms with Gasteiger partial charge < -0.3 is 4.98 Å². The highest BCUT2D eigenvalue weighted by Gasteiger charge is 2.15. The number of hydrogen-bond acceptors (Lipinski definition) is 2. The van der Waals surface area contributed by atoms with E-state index in [4.69, 9.17) is 12.2 Å². The number of para-hydroxylation sites is 1. The minimum absolute atomic E-state index is 0.714. The molecule has 0 saturated heterocycles. The average Bonchev–Trinajstić information content (AvgIpc) is 2.89. The predicted molar refractivity (Wildman–Crippen MR) is 79.2 cm³/mol. The molecule has 0 aliphatic heterocycles. The molecule has 98 valence electrons. The number of fused-ring (bicyclic) bond motifs is 1. The van der Waals surface area contributed by atoms with Gasteiger partial charge in [-0.1, -0.05) is 31.5 Å². The first kappa shape index (κ1) is 12.2. The van der Waals surface area contributed by atoms with Crippen LogP contribution in [0.1, 0.15) is 19.0 Å². The minimum Gasteiger partial charge on any atom is -0.327 e. The zero-order valence-electron chi connectivity index (χ0n) is 11.1. The molecule has 0 atom stereocenters. The summed E-state index contributed by atoms with van der Waals surface area (Å²) in [5.41, 5.74) is 4.23. The van der Waals surface area contributed by atoms with Crippen LogP contribution in [0.2, 0.25) is 0 Å². The number of aromatic nitrogens is 4. The van der Waals surface area contributed by atoms with Gasteiger partial charge in [0.05, 0.1) is 5.69 Å². The van der Waals surface area contributed by atoms with Crippen LogP contribution in [0.5, 0.6) is 0 Å². The largest absolute Gasteiger partial charge is 0.327 e. The molecule has 1 aromatic carbocycles. The van der Waals surface area contributed by atoms with E-state index < -0.39 is 0 Å². The van der Waals surface area contributed by atoms with E-state index in [0.29, 0.717) is 4.77 Å². The number of aromatic amines is 1. The Bertz CT molecular complexity index is 764. The van der Waals surface area contributed by atoms with Gasteiger partial charge >= 0.3 is 0 Å². The molecule has 0 aliphatic rings. The summed E-state index contributed by atoms with van der Waals surface area (Å²) in [6, 6.07) is 10.1. The van der Waals surface area contributed by atoms with Crippen molar-refractivity contribution >= 4 is 23.4 Å². The zero-order valence-corrected chi connectivity index (χ0v) is 11.9. The molecule has 0 bridgehead atoms. The van der Waals surface area contributed by atoms with Crippen LogP contribution < -0.4 is 0 Å². The van der Waals surface area contributed by atoms with E-state index in [2.05, 4.69) is 29.1 Å². The highest BCUT2D eigenvalue weighted by atomic mass is 32.1. The molecule has 19 heavy (non-hydrogen) atoms. The lowest BCUT2D eigenvalue weighted by molar-refractivity contribution is 0.735. The van der Waals surface area contributed by atoms with Crippen LogP contribution in [0.25, 0.3) is 16.9 Å². The molecule has 2 heterocycles. The molecule has 4 nitrogen and oxygen atoms in total. The van der Waals surface area contributed by atoms with E-state index in [1.165, 1.54) is 0 Å². The maximum absolute atomic E-state index is 5.46. The first-order valence-electron chi connectivity index (χ1n) is 6.44. The van der Waals surface area contributed by atoms with Crippen molar-refractivity contribution in [1.29, 1.82) is 0 Å². The molecule has 5 heteroatoms. The summed E-state index contributed by atoms with van der Waals surface area (Å²) >= 11 is 5.46. The van der Waals surface area contributed by atoms with Gasteiger partial charge in [0, 0.05) is 12.7 Å². The first-order chi connectivity index (χ1) is 9.22. The van der Waals surface area contributed by atoms with Crippen molar-refractivity contribution in [3.05, 3.63) is 40.8 Å². The Balaban J connectivity index is 2.32. The fourth-order valence-corrected chi connectivity index (χ4v) is 2.74. The van der Waals surface area contributed by atoms with Crippen molar-refractivity contribution < 1.29 is 0 Å². The van der Waals surface area contributed by atoms with Gasteiger partial charge in [-0.05, 0) is 30.8 Å².